The zero-order valence-corrected chi connectivity index (χ0v) is 42.0. The van der Waals surface area contributed by atoms with E-state index in [-0.39, 0.29) is 25.1 Å². The standard InChI is InChI=1S/C45H84O16P2.2H3N/c1-3-5-7-9-11-13-15-17-19-21-23-25-27-29-31-33-38(46)57-35-37(59-39(47)34-32-30-28-26-24-22-20-18-16-14-12-10-8-6-4-2)36-58-63(55,56)61-45-42(50)40(48)44(41(49)43(45)51)60-62(52,53)54;;/h17-20,37,40-45,48-51H,3-16,21-36H2,1-2H3,(H,55,56)(H2,52,53,54);2*1H3/b19-17-,20-18-;;/t37-,40+,41?,42?,43?,44?,45?;;/m1../s1. The predicted octanol–water partition coefficient (Wildman–Crippen LogP) is 8.44. The highest BCUT2D eigenvalue weighted by Gasteiger charge is 2.52. The van der Waals surface area contributed by atoms with E-state index in [1.54, 1.807) is 0 Å². The molecule has 1 aliphatic rings. The third-order valence-electron chi connectivity index (χ3n) is 11.0. The van der Waals surface area contributed by atoms with Crippen molar-refractivity contribution in [3.63, 3.8) is 0 Å². The van der Waals surface area contributed by atoms with E-state index in [0.29, 0.717) is 12.8 Å². The van der Waals surface area contributed by atoms with Gasteiger partial charge in [-0.25, -0.2) is 0 Å². The average molecular weight is 977 g/mol. The van der Waals surface area contributed by atoms with E-state index in [9.17, 15) is 48.9 Å². The van der Waals surface area contributed by atoms with Gasteiger partial charge < -0.3 is 70.5 Å². The number of hydrogen-bond acceptors (Lipinski definition) is 15. The number of aliphatic hydroxyl groups excluding tert-OH is 4. The Hall–Kier alpha value is -1.60. The number of allylic oxidation sites excluding steroid dienone is 4. The average Bonchev–Trinajstić information content (AvgIpc) is 3.23. The van der Waals surface area contributed by atoms with Crippen molar-refractivity contribution in [3.8, 4) is 0 Å². The first-order chi connectivity index (χ1) is 30.1. The van der Waals surface area contributed by atoms with Crippen LogP contribution in [0, 0.1) is 0 Å². The summed E-state index contributed by atoms with van der Waals surface area (Å²) < 4.78 is 48.5. The molecular formula is C45H90N2O16P2. The summed E-state index contributed by atoms with van der Waals surface area (Å²) in [6.45, 7) is 3.01. The monoisotopic (exact) mass is 977 g/mol. The second-order valence-electron chi connectivity index (χ2n) is 16.8. The van der Waals surface area contributed by atoms with Gasteiger partial charge in [-0.15, -0.1) is 0 Å². The minimum Gasteiger partial charge on any atom is -0.756 e. The summed E-state index contributed by atoms with van der Waals surface area (Å²) in [5.41, 5.74) is 0. The number of aliphatic hydroxyl groups is 4. The Morgan fingerprint density at radius 3 is 1.25 bits per heavy atom. The molecular weight excluding hydrogens is 886 g/mol. The molecule has 7 unspecified atom stereocenters. The van der Waals surface area contributed by atoms with Crippen molar-refractivity contribution in [2.24, 2.45) is 0 Å². The normalized spacial score (nSPS) is 22.2. The highest BCUT2D eigenvalue weighted by atomic mass is 31.2. The van der Waals surface area contributed by atoms with Crippen LogP contribution in [0.3, 0.4) is 0 Å². The maximum absolute atomic E-state index is 12.8. The molecule has 386 valence electrons. The zero-order chi connectivity index (χ0) is 46.8. The highest BCUT2D eigenvalue weighted by molar-refractivity contribution is 7.45. The molecule has 0 amide bonds. The zero-order valence-electron chi connectivity index (χ0n) is 40.2. The van der Waals surface area contributed by atoms with E-state index in [1.165, 1.54) is 77.0 Å². The van der Waals surface area contributed by atoms with Gasteiger partial charge in [-0.05, 0) is 64.2 Å². The summed E-state index contributed by atoms with van der Waals surface area (Å²) in [4.78, 5) is 58.3. The molecule has 9 atom stereocenters. The van der Waals surface area contributed by atoms with Crippen LogP contribution in [0.1, 0.15) is 194 Å². The smallest absolute Gasteiger partial charge is 0.306 e. The fourth-order valence-electron chi connectivity index (χ4n) is 7.24. The summed E-state index contributed by atoms with van der Waals surface area (Å²) in [6, 6.07) is 0. The number of hydrogen-bond donors (Lipinski definition) is 7. The fraction of sp³-hybridized carbons (Fsp3) is 0.867. The van der Waals surface area contributed by atoms with Crippen molar-refractivity contribution in [1.29, 1.82) is 0 Å². The lowest BCUT2D eigenvalue weighted by Gasteiger charge is -2.45. The molecule has 0 aromatic carbocycles. The van der Waals surface area contributed by atoms with Crippen LogP contribution in [-0.4, -0.2) is 93.2 Å². The van der Waals surface area contributed by atoms with E-state index in [0.717, 1.165) is 77.0 Å². The van der Waals surface area contributed by atoms with E-state index >= 15 is 0 Å². The molecule has 1 saturated carbocycles. The molecule has 65 heavy (non-hydrogen) atoms. The summed E-state index contributed by atoms with van der Waals surface area (Å²) in [5.74, 6) is -1.25. The minimum atomic E-state index is -5.57. The number of unbranched alkanes of at least 4 members (excludes halogenated alkanes) is 22. The van der Waals surface area contributed by atoms with Gasteiger partial charge in [-0.2, -0.15) is 0 Å². The molecule has 1 aliphatic carbocycles. The lowest BCUT2D eigenvalue weighted by molar-refractivity contribution is -0.271. The molecule has 0 aromatic rings. The van der Waals surface area contributed by atoms with Crippen molar-refractivity contribution in [3.05, 3.63) is 24.3 Å². The maximum Gasteiger partial charge on any atom is 0.306 e. The van der Waals surface area contributed by atoms with Crippen LogP contribution in [0.4, 0.5) is 0 Å². The van der Waals surface area contributed by atoms with Crippen molar-refractivity contribution in [2.45, 2.75) is 236 Å². The molecule has 20 heteroatoms. The molecule has 18 nitrogen and oxygen atoms in total. The van der Waals surface area contributed by atoms with Crippen LogP contribution in [0.25, 0.3) is 0 Å². The molecule has 0 radical (unpaired) electrons. The topological polar surface area (TPSA) is 335 Å². The first-order valence-corrected chi connectivity index (χ1v) is 26.8. The third-order valence-corrected chi connectivity index (χ3v) is 12.5. The quantitative estimate of drug-likeness (QED) is 0.0131. The van der Waals surface area contributed by atoms with Gasteiger partial charge in [0, 0.05) is 12.8 Å². The van der Waals surface area contributed by atoms with Crippen molar-refractivity contribution in [2.75, 3.05) is 13.2 Å². The van der Waals surface area contributed by atoms with Gasteiger partial charge in [0.1, 0.15) is 43.2 Å². The molecule has 0 bridgehead atoms. The lowest BCUT2D eigenvalue weighted by Crippen LogP contribution is -2.64. The highest BCUT2D eigenvalue weighted by Crippen LogP contribution is 2.45. The number of phosphoric ester groups is 2. The van der Waals surface area contributed by atoms with Crippen molar-refractivity contribution >= 4 is 27.6 Å². The number of carbonyl (C=O) groups is 2. The first kappa shape index (κ1) is 65.5. The minimum absolute atomic E-state index is 0. The second kappa shape index (κ2) is 40.3. The van der Waals surface area contributed by atoms with E-state index in [4.69, 9.17) is 23.4 Å². The number of esters is 2. The predicted molar refractivity (Wildman–Crippen MR) is 249 cm³/mol. The van der Waals surface area contributed by atoms with Crippen LogP contribution >= 0.6 is 15.6 Å². The molecule has 0 saturated heterocycles. The van der Waals surface area contributed by atoms with Gasteiger partial charge in [-0.3, -0.25) is 18.7 Å². The lowest BCUT2D eigenvalue weighted by atomic mass is 9.85. The van der Waals surface area contributed by atoms with Gasteiger partial charge in [0.15, 0.2) is 6.10 Å². The van der Waals surface area contributed by atoms with Gasteiger partial charge >= 0.3 is 11.9 Å². The molecule has 13 N–H and O–H groups in total. The van der Waals surface area contributed by atoms with E-state index in [1.807, 2.05) is 0 Å². The number of quaternary nitrogens is 2. The van der Waals surface area contributed by atoms with E-state index in [2.05, 4.69) is 42.7 Å². The van der Waals surface area contributed by atoms with Crippen LogP contribution < -0.4 is 22.1 Å². The van der Waals surface area contributed by atoms with Gasteiger partial charge in [0.25, 0.3) is 15.6 Å². The van der Waals surface area contributed by atoms with Crippen LogP contribution in [0.2, 0.25) is 0 Å². The molecule has 0 heterocycles. The summed E-state index contributed by atoms with van der Waals surface area (Å²) in [5, 5.41) is 41.3. The number of ether oxygens (including phenoxy) is 2. The Bertz CT molecular complexity index is 1320. The largest absolute Gasteiger partial charge is 0.756 e. The van der Waals surface area contributed by atoms with Gasteiger partial charge in [-0.1, -0.05) is 141 Å². The number of rotatable bonds is 40. The van der Waals surface area contributed by atoms with Gasteiger partial charge in [0.2, 0.25) is 0 Å². The number of phosphoric acid groups is 2. The van der Waals surface area contributed by atoms with Crippen molar-refractivity contribution < 1.29 is 76.9 Å². The third kappa shape index (κ3) is 34.4. The Balaban J connectivity index is 0. The Kier molecular flexibility index (Phi) is 40.6. The Morgan fingerprint density at radius 2 is 0.862 bits per heavy atom. The first-order valence-electron chi connectivity index (χ1n) is 23.8. The molecule has 0 aliphatic heterocycles. The molecule has 0 spiro atoms. The summed E-state index contributed by atoms with van der Waals surface area (Å²) in [6.07, 6.45) is 22.1. The molecule has 0 aromatic heterocycles. The Morgan fingerprint density at radius 1 is 0.523 bits per heavy atom. The number of carbonyl (C=O) groups excluding carboxylic acids is 2. The van der Waals surface area contributed by atoms with Gasteiger partial charge in [0.05, 0.1) is 6.61 Å². The maximum atomic E-state index is 12.8. The molecule has 1 rings (SSSR count). The van der Waals surface area contributed by atoms with Crippen LogP contribution in [0.15, 0.2) is 24.3 Å². The summed E-state index contributed by atoms with van der Waals surface area (Å²) >= 11 is 0. The summed E-state index contributed by atoms with van der Waals surface area (Å²) in [7, 11) is -11.1. The second-order valence-corrected chi connectivity index (χ2v) is 19.3. The fourth-order valence-corrected chi connectivity index (χ4v) is 8.75. The van der Waals surface area contributed by atoms with Crippen LogP contribution in [0.5, 0.6) is 0 Å². The van der Waals surface area contributed by atoms with E-state index < -0.39 is 83.5 Å². The molecule has 1 fully saturated rings. The van der Waals surface area contributed by atoms with Crippen molar-refractivity contribution in [1.82, 2.24) is 12.3 Å². The Labute approximate surface area is 389 Å². The SMILES string of the molecule is CCCCCCCC/C=C\CCCCCCCC(=O)OC[C@H](COP(=O)([O-])OC1C(O)C(O)C(OP(=O)([O-])O)[C@@H](O)C1O)OC(=O)CCCCCCC/C=C\CCCCCCCC.[NH4+].[NH4+]. The van der Waals surface area contributed by atoms with Crippen LogP contribution in [-0.2, 0) is 41.8 Å².